The standard InChI is InChI=1S/C29H26N2O5/c1-20-15-21(2)17-22(16-20)31(14-8-13-30)27(32)19-35-29(33)28-25(18-34-23-9-4-3-5-10-23)24-11-6-7-12-26(24)36-28/h3-7,9-12,15-17H,8,14,18-19H2,1-2H3. The molecule has 7 heteroatoms. The summed E-state index contributed by atoms with van der Waals surface area (Å²) >= 11 is 0. The highest BCUT2D eigenvalue weighted by molar-refractivity contribution is 5.99. The van der Waals surface area contributed by atoms with Crippen molar-refractivity contribution in [3.63, 3.8) is 0 Å². The highest BCUT2D eigenvalue weighted by atomic mass is 16.5. The molecule has 0 saturated carbocycles. The number of ether oxygens (including phenoxy) is 2. The molecule has 0 aliphatic heterocycles. The molecule has 4 rings (SSSR count). The van der Waals surface area contributed by atoms with Gasteiger partial charge in [-0.05, 0) is 55.3 Å². The van der Waals surface area contributed by atoms with Gasteiger partial charge >= 0.3 is 5.97 Å². The third kappa shape index (κ3) is 5.73. The Morgan fingerprint density at radius 3 is 2.39 bits per heavy atom. The Bertz CT molecular complexity index is 1400. The lowest BCUT2D eigenvalue weighted by molar-refractivity contribution is -0.121. The zero-order chi connectivity index (χ0) is 25.5. The summed E-state index contributed by atoms with van der Waals surface area (Å²) in [5.41, 5.74) is 3.70. The fourth-order valence-electron chi connectivity index (χ4n) is 4.02. The molecule has 0 atom stereocenters. The number of aryl methyl sites for hydroxylation is 2. The Hall–Kier alpha value is -4.57. The molecule has 1 heterocycles. The first-order valence-electron chi connectivity index (χ1n) is 11.6. The lowest BCUT2D eigenvalue weighted by Gasteiger charge is -2.22. The lowest BCUT2D eigenvalue weighted by Crippen LogP contribution is -2.35. The van der Waals surface area contributed by atoms with Crippen LogP contribution in [-0.2, 0) is 16.1 Å². The minimum atomic E-state index is -0.758. The molecular formula is C29H26N2O5. The number of benzene rings is 3. The van der Waals surface area contributed by atoms with E-state index in [2.05, 4.69) is 6.07 Å². The summed E-state index contributed by atoms with van der Waals surface area (Å²) in [6.07, 6.45) is 0.150. The largest absolute Gasteiger partial charge is 0.489 e. The first-order valence-corrected chi connectivity index (χ1v) is 11.6. The first kappa shape index (κ1) is 24.6. The zero-order valence-electron chi connectivity index (χ0n) is 20.2. The number of para-hydroxylation sites is 2. The molecule has 182 valence electrons. The van der Waals surface area contributed by atoms with Gasteiger partial charge in [0.05, 0.1) is 18.1 Å². The lowest BCUT2D eigenvalue weighted by atomic mass is 10.1. The van der Waals surface area contributed by atoms with Crippen molar-refractivity contribution in [2.75, 3.05) is 18.1 Å². The zero-order valence-corrected chi connectivity index (χ0v) is 20.2. The maximum atomic E-state index is 13.1. The highest BCUT2D eigenvalue weighted by Crippen LogP contribution is 2.28. The molecule has 0 aliphatic rings. The second-order valence-corrected chi connectivity index (χ2v) is 8.38. The summed E-state index contributed by atoms with van der Waals surface area (Å²) in [7, 11) is 0. The normalized spacial score (nSPS) is 10.6. The van der Waals surface area contributed by atoms with Gasteiger partial charge in [-0.25, -0.2) is 4.79 Å². The number of carbonyl (C=O) groups excluding carboxylic acids is 2. The average molecular weight is 483 g/mol. The van der Waals surface area contributed by atoms with Crippen molar-refractivity contribution in [3.8, 4) is 11.8 Å². The van der Waals surface area contributed by atoms with Crippen molar-refractivity contribution in [3.05, 3.63) is 95.2 Å². The van der Waals surface area contributed by atoms with Crippen molar-refractivity contribution in [1.82, 2.24) is 0 Å². The molecule has 3 aromatic carbocycles. The van der Waals surface area contributed by atoms with Crippen molar-refractivity contribution in [2.24, 2.45) is 0 Å². The van der Waals surface area contributed by atoms with Crippen LogP contribution in [0.4, 0.5) is 5.69 Å². The van der Waals surface area contributed by atoms with E-state index in [1.54, 1.807) is 6.07 Å². The van der Waals surface area contributed by atoms with E-state index in [9.17, 15) is 9.59 Å². The number of esters is 1. The number of carbonyl (C=O) groups is 2. The minimum Gasteiger partial charge on any atom is -0.489 e. The first-order chi connectivity index (χ1) is 17.5. The molecule has 0 unspecified atom stereocenters. The Morgan fingerprint density at radius 1 is 0.972 bits per heavy atom. The van der Waals surface area contributed by atoms with E-state index in [1.807, 2.05) is 80.6 Å². The quantitative estimate of drug-likeness (QED) is 0.283. The average Bonchev–Trinajstić information content (AvgIpc) is 3.25. The topological polar surface area (TPSA) is 92.8 Å². The number of fused-ring (bicyclic) bond motifs is 1. The van der Waals surface area contributed by atoms with Gasteiger partial charge in [-0.2, -0.15) is 5.26 Å². The highest BCUT2D eigenvalue weighted by Gasteiger charge is 2.25. The van der Waals surface area contributed by atoms with E-state index in [1.165, 1.54) is 4.90 Å². The number of hydrogen-bond acceptors (Lipinski definition) is 6. The van der Waals surface area contributed by atoms with Crippen LogP contribution in [0.3, 0.4) is 0 Å². The summed E-state index contributed by atoms with van der Waals surface area (Å²) in [4.78, 5) is 27.6. The van der Waals surface area contributed by atoms with Crippen LogP contribution in [0.1, 0.15) is 33.7 Å². The molecule has 0 aliphatic carbocycles. The molecule has 1 aromatic heterocycles. The van der Waals surface area contributed by atoms with E-state index in [-0.39, 0.29) is 25.3 Å². The van der Waals surface area contributed by atoms with Crippen molar-refractivity contribution < 1.29 is 23.5 Å². The van der Waals surface area contributed by atoms with Crippen molar-refractivity contribution >= 4 is 28.5 Å². The van der Waals surface area contributed by atoms with Gasteiger partial charge in [0, 0.05) is 17.6 Å². The van der Waals surface area contributed by atoms with Crippen LogP contribution in [0.15, 0.2) is 77.2 Å². The number of nitriles is 1. The van der Waals surface area contributed by atoms with Gasteiger partial charge in [0.2, 0.25) is 5.76 Å². The van der Waals surface area contributed by atoms with E-state index >= 15 is 0 Å². The molecule has 0 radical (unpaired) electrons. The smallest absolute Gasteiger partial charge is 0.375 e. The number of anilines is 1. The van der Waals surface area contributed by atoms with Crippen LogP contribution in [0.25, 0.3) is 11.0 Å². The monoisotopic (exact) mass is 482 g/mol. The van der Waals surface area contributed by atoms with Crippen LogP contribution in [-0.4, -0.2) is 25.0 Å². The summed E-state index contributed by atoms with van der Waals surface area (Å²) in [5.74, 6) is -0.539. The van der Waals surface area contributed by atoms with Crippen LogP contribution < -0.4 is 9.64 Å². The number of nitrogens with zero attached hydrogens (tertiary/aromatic N) is 2. The fourth-order valence-corrected chi connectivity index (χ4v) is 4.02. The van der Waals surface area contributed by atoms with Crippen LogP contribution in [0, 0.1) is 25.2 Å². The third-order valence-electron chi connectivity index (χ3n) is 5.60. The SMILES string of the molecule is Cc1cc(C)cc(N(CCC#N)C(=O)COC(=O)c2oc3ccccc3c2COc2ccccc2)c1. The number of amides is 1. The second kappa shape index (κ2) is 11.2. The van der Waals surface area contributed by atoms with E-state index < -0.39 is 18.5 Å². The maximum Gasteiger partial charge on any atom is 0.375 e. The Balaban J connectivity index is 1.53. The summed E-state index contributed by atoms with van der Waals surface area (Å²) in [6, 6.07) is 24.3. The van der Waals surface area contributed by atoms with Crippen LogP contribution in [0.2, 0.25) is 0 Å². The molecule has 4 aromatic rings. The van der Waals surface area contributed by atoms with Gasteiger partial charge in [0.15, 0.2) is 6.61 Å². The van der Waals surface area contributed by atoms with Crippen molar-refractivity contribution in [2.45, 2.75) is 26.9 Å². The summed E-state index contributed by atoms with van der Waals surface area (Å²) in [6.45, 7) is 3.66. The van der Waals surface area contributed by atoms with Crippen molar-refractivity contribution in [1.29, 1.82) is 5.26 Å². The van der Waals surface area contributed by atoms with Gasteiger partial charge in [0.25, 0.3) is 5.91 Å². The third-order valence-corrected chi connectivity index (χ3v) is 5.60. The molecule has 0 bridgehead atoms. The van der Waals surface area contributed by atoms with E-state index in [0.717, 1.165) is 16.5 Å². The van der Waals surface area contributed by atoms with E-state index in [4.69, 9.17) is 19.2 Å². The Labute approximate surface area is 209 Å². The summed E-state index contributed by atoms with van der Waals surface area (Å²) in [5, 5.41) is 9.79. The van der Waals surface area contributed by atoms with Crippen LogP contribution >= 0.6 is 0 Å². The van der Waals surface area contributed by atoms with Gasteiger partial charge < -0.3 is 18.8 Å². The Kier molecular flexibility index (Phi) is 7.66. The molecule has 0 fully saturated rings. The van der Waals surface area contributed by atoms with Gasteiger partial charge in [0.1, 0.15) is 17.9 Å². The Morgan fingerprint density at radius 2 is 1.67 bits per heavy atom. The minimum absolute atomic E-state index is 0.00472. The second-order valence-electron chi connectivity index (χ2n) is 8.38. The molecule has 1 amide bonds. The predicted molar refractivity (Wildman–Crippen MR) is 136 cm³/mol. The summed E-state index contributed by atoms with van der Waals surface area (Å²) < 4.78 is 17.1. The number of hydrogen-bond donors (Lipinski definition) is 0. The molecule has 36 heavy (non-hydrogen) atoms. The maximum absolute atomic E-state index is 13.1. The van der Waals surface area contributed by atoms with E-state index in [0.29, 0.717) is 22.6 Å². The van der Waals surface area contributed by atoms with Gasteiger partial charge in [-0.1, -0.05) is 42.5 Å². The predicted octanol–water partition coefficient (Wildman–Crippen LogP) is 5.73. The van der Waals surface area contributed by atoms with Crippen LogP contribution in [0.5, 0.6) is 5.75 Å². The fraction of sp³-hybridized carbons (Fsp3) is 0.207. The molecule has 0 N–H and O–H groups in total. The molecule has 0 spiro atoms. The number of rotatable bonds is 9. The van der Waals surface area contributed by atoms with Gasteiger partial charge in [-0.15, -0.1) is 0 Å². The number of furan rings is 1. The molecule has 7 nitrogen and oxygen atoms in total. The van der Waals surface area contributed by atoms with Gasteiger partial charge in [-0.3, -0.25) is 4.79 Å². The molecular weight excluding hydrogens is 456 g/mol. The molecule has 0 saturated heterocycles.